The van der Waals surface area contributed by atoms with Crippen LogP contribution in [0, 0.1) is 6.92 Å². The van der Waals surface area contributed by atoms with Crippen molar-refractivity contribution in [2.45, 2.75) is 25.9 Å². The molecule has 5 heteroatoms. The molecule has 130 valence electrons. The average Bonchev–Trinajstić information content (AvgIpc) is 2.61. The third-order valence-corrected chi connectivity index (χ3v) is 4.37. The van der Waals surface area contributed by atoms with Gasteiger partial charge in [0.15, 0.2) is 0 Å². The Morgan fingerprint density at radius 2 is 1.96 bits per heavy atom. The number of carbonyl (C=O) groups excluding carboxylic acids is 2. The van der Waals surface area contributed by atoms with Gasteiger partial charge in [-0.15, -0.1) is 0 Å². The lowest BCUT2D eigenvalue weighted by Crippen LogP contribution is -2.42. The van der Waals surface area contributed by atoms with Crippen LogP contribution in [-0.2, 0) is 0 Å². The van der Waals surface area contributed by atoms with E-state index in [1.807, 2.05) is 19.1 Å². The largest absolute Gasteiger partial charge is 0.391 e. The number of anilines is 1. The Balaban J connectivity index is 1.81. The minimum absolute atomic E-state index is 0.168. The first-order valence-electron chi connectivity index (χ1n) is 8.49. The number of amides is 2. The number of β-amino-alcohol motifs (C(OH)–C–C–N with tert-alkyl or cyclic N) is 1. The molecule has 1 unspecified atom stereocenters. The standard InChI is InChI=1S/C20H22N2O3/c1-14-6-4-7-15(12-14)19(24)21-18-10-3-2-9-17(18)20(25)22-11-5-8-16(23)13-22/h2-4,6-7,9-10,12,16,23H,5,8,11,13H2,1H3,(H,21,24). The second-order valence-electron chi connectivity index (χ2n) is 6.42. The molecule has 2 aromatic carbocycles. The highest BCUT2D eigenvalue weighted by Crippen LogP contribution is 2.21. The zero-order valence-corrected chi connectivity index (χ0v) is 14.2. The molecule has 0 aromatic heterocycles. The van der Waals surface area contributed by atoms with Gasteiger partial charge in [-0.05, 0) is 44.0 Å². The van der Waals surface area contributed by atoms with Gasteiger partial charge in [-0.25, -0.2) is 0 Å². The number of hydrogen-bond donors (Lipinski definition) is 2. The fourth-order valence-corrected chi connectivity index (χ4v) is 3.07. The number of nitrogens with one attached hydrogen (secondary N) is 1. The molecule has 0 saturated carbocycles. The van der Waals surface area contributed by atoms with E-state index in [0.29, 0.717) is 29.9 Å². The maximum absolute atomic E-state index is 12.8. The van der Waals surface area contributed by atoms with Gasteiger partial charge in [-0.2, -0.15) is 0 Å². The van der Waals surface area contributed by atoms with E-state index in [1.54, 1.807) is 41.3 Å². The summed E-state index contributed by atoms with van der Waals surface area (Å²) in [5, 5.41) is 12.6. The number of hydrogen-bond acceptors (Lipinski definition) is 3. The second-order valence-corrected chi connectivity index (χ2v) is 6.42. The number of carbonyl (C=O) groups is 2. The molecule has 0 aliphatic carbocycles. The highest BCUT2D eigenvalue weighted by Gasteiger charge is 2.25. The lowest BCUT2D eigenvalue weighted by atomic mass is 10.1. The average molecular weight is 338 g/mol. The van der Waals surface area contributed by atoms with Gasteiger partial charge < -0.3 is 15.3 Å². The smallest absolute Gasteiger partial charge is 0.256 e. The number of likely N-dealkylation sites (tertiary alicyclic amines) is 1. The maximum atomic E-state index is 12.8. The summed E-state index contributed by atoms with van der Waals surface area (Å²) in [6.45, 7) is 2.88. The van der Waals surface area contributed by atoms with Crippen LogP contribution in [0.4, 0.5) is 5.69 Å². The molecule has 2 aromatic rings. The molecule has 2 amide bonds. The van der Waals surface area contributed by atoms with Crippen LogP contribution in [0.25, 0.3) is 0 Å². The second kappa shape index (κ2) is 7.49. The van der Waals surface area contributed by atoms with E-state index < -0.39 is 6.10 Å². The van der Waals surface area contributed by atoms with Crippen LogP contribution in [-0.4, -0.2) is 41.0 Å². The Labute approximate surface area is 147 Å². The van der Waals surface area contributed by atoms with Crippen molar-refractivity contribution in [3.8, 4) is 0 Å². The zero-order chi connectivity index (χ0) is 17.8. The number of piperidine rings is 1. The van der Waals surface area contributed by atoms with E-state index in [2.05, 4.69) is 5.32 Å². The number of aliphatic hydroxyl groups excluding tert-OH is 1. The van der Waals surface area contributed by atoms with E-state index in [0.717, 1.165) is 18.4 Å². The van der Waals surface area contributed by atoms with Crippen molar-refractivity contribution in [2.24, 2.45) is 0 Å². The van der Waals surface area contributed by atoms with E-state index >= 15 is 0 Å². The van der Waals surface area contributed by atoms with Gasteiger partial charge in [0.25, 0.3) is 11.8 Å². The number of para-hydroxylation sites is 1. The zero-order valence-electron chi connectivity index (χ0n) is 14.2. The van der Waals surface area contributed by atoms with Crippen LogP contribution in [0.3, 0.4) is 0 Å². The van der Waals surface area contributed by atoms with E-state index in [4.69, 9.17) is 0 Å². The lowest BCUT2D eigenvalue weighted by Gasteiger charge is -2.30. The van der Waals surface area contributed by atoms with Crippen LogP contribution in [0.1, 0.15) is 39.1 Å². The Morgan fingerprint density at radius 1 is 1.16 bits per heavy atom. The number of aryl methyl sites for hydroxylation is 1. The van der Waals surface area contributed by atoms with Gasteiger partial charge in [0.2, 0.25) is 0 Å². The van der Waals surface area contributed by atoms with Crippen molar-refractivity contribution < 1.29 is 14.7 Å². The third-order valence-electron chi connectivity index (χ3n) is 4.37. The predicted octanol–water partition coefficient (Wildman–Crippen LogP) is 2.84. The van der Waals surface area contributed by atoms with E-state index in [1.165, 1.54) is 0 Å². The molecule has 25 heavy (non-hydrogen) atoms. The molecule has 1 atom stereocenters. The summed E-state index contributed by atoms with van der Waals surface area (Å²) in [5.74, 6) is -0.415. The number of benzene rings is 2. The molecule has 1 fully saturated rings. The van der Waals surface area contributed by atoms with E-state index in [-0.39, 0.29) is 11.8 Å². The van der Waals surface area contributed by atoms with Crippen LogP contribution in [0.2, 0.25) is 0 Å². The van der Waals surface area contributed by atoms with Gasteiger partial charge in [-0.3, -0.25) is 9.59 Å². The number of nitrogens with zero attached hydrogens (tertiary/aromatic N) is 1. The first kappa shape index (κ1) is 17.2. The van der Waals surface area contributed by atoms with Gasteiger partial charge in [-0.1, -0.05) is 29.8 Å². The number of aliphatic hydroxyl groups is 1. The highest BCUT2D eigenvalue weighted by molar-refractivity contribution is 6.09. The molecular formula is C20H22N2O3. The monoisotopic (exact) mass is 338 g/mol. The quantitative estimate of drug-likeness (QED) is 0.904. The van der Waals surface area contributed by atoms with Crippen molar-refractivity contribution in [2.75, 3.05) is 18.4 Å². The van der Waals surface area contributed by atoms with Crippen molar-refractivity contribution in [3.63, 3.8) is 0 Å². The Hall–Kier alpha value is -2.66. The summed E-state index contributed by atoms with van der Waals surface area (Å²) in [7, 11) is 0. The summed E-state index contributed by atoms with van der Waals surface area (Å²) < 4.78 is 0. The Morgan fingerprint density at radius 3 is 2.72 bits per heavy atom. The van der Waals surface area contributed by atoms with Crippen LogP contribution in [0.5, 0.6) is 0 Å². The molecule has 1 heterocycles. The summed E-state index contributed by atoms with van der Waals surface area (Å²) in [6, 6.07) is 14.3. The van der Waals surface area contributed by atoms with Gasteiger partial charge in [0, 0.05) is 18.7 Å². The van der Waals surface area contributed by atoms with Crippen LogP contribution >= 0.6 is 0 Å². The van der Waals surface area contributed by atoms with Crippen molar-refractivity contribution in [3.05, 3.63) is 65.2 Å². The lowest BCUT2D eigenvalue weighted by molar-refractivity contribution is 0.0474. The summed E-state index contributed by atoms with van der Waals surface area (Å²) in [5.41, 5.74) is 2.48. The third kappa shape index (κ3) is 4.06. The number of rotatable bonds is 3. The summed E-state index contributed by atoms with van der Waals surface area (Å²) >= 11 is 0. The van der Waals surface area contributed by atoms with Crippen molar-refractivity contribution in [1.29, 1.82) is 0 Å². The molecule has 5 nitrogen and oxygen atoms in total. The normalized spacial score (nSPS) is 17.2. The molecule has 0 bridgehead atoms. The van der Waals surface area contributed by atoms with Gasteiger partial charge in [0.05, 0.1) is 17.4 Å². The minimum atomic E-state index is -0.480. The fourth-order valence-electron chi connectivity index (χ4n) is 3.07. The van der Waals surface area contributed by atoms with Gasteiger partial charge >= 0.3 is 0 Å². The molecule has 3 rings (SSSR count). The van der Waals surface area contributed by atoms with E-state index in [9.17, 15) is 14.7 Å². The predicted molar refractivity (Wildman–Crippen MR) is 96.7 cm³/mol. The van der Waals surface area contributed by atoms with Crippen LogP contribution < -0.4 is 5.32 Å². The van der Waals surface area contributed by atoms with Crippen molar-refractivity contribution >= 4 is 17.5 Å². The van der Waals surface area contributed by atoms with Crippen LogP contribution in [0.15, 0.2) is 48.5 Å². The molecule has 1 aliphatic rings. The molecule has 0 spiro atoms. The summed E-state index contributed by atoms with van der Waals surface area (Å²) in [6.07, 6.45) is 1.02. The Kier molecular flexibility index (Phi) is 5.14. The topological polar surface area (TPSA) is 69.6 Å². The first-order chi connectivity index (χ1) is 12.0. The minimum Gasteiger partial charge on any atom is -0.391 e. The molecule has 2 N–H and O–H groups in total. The molecule has 1 aliphatic heterocycles. The maximum Gasteiger partial charge on any atom is 0.256 e. The Bertz CT molecular complexity index is 788. The van der Waals surface area contributed by atoms with Crippen molar-refractivity contribution in [1.82, 2.24) is 4.90 Å². The summed E-state index contributed by atoms with van der Waals surface area (Å²) in [4.78, 5) is 26.9. The molecule has 1 saturated heterocycles. The fraction of sp³-hybridized carbons (Fsp3) is 0.300. The highest BCUT2D eigenvalue weighted by atomic mass is 16.3. The first-order valence-corrected chi connectivity index (χ1v) is 8.49. The molecule has 0 radical (unpaired) electrons. The van der Waals surface area contributed by atoms with Gasteiger partial charge in [0.1, 0.15) is 0 Å². The SMILES string of the molecule is Cc1cccc(C(=O)Nc2ccccc2C(=O)N2CCCC(O)C2)c1. The molecular weight excluding hydrogens is 316 g/mol.